The highest BCUT2D eigenvalue weighted by Gasteiger charge is 1.94. The zero-order valence-corrected chi connectivity index (χ0v) is 8.51. The van der Waals surface area contributed by atoms with Crippen LogP contribution in [0, 0.1) is 0 Å². The van der Waals surface area contributed by atoms with Gasteiger partial charge in [-0.1, -0.05) is 28.8 Å². The molecular weight excluding hydrogens is 239 g/mol. The van der Waals surface area contributed by atoms with Crippen molar-refractivity contribution in [2.45, 2.75) is 0 Å². The van der Waals surface area contributed by atoms with E-state index in [1.807, 2.05) is 0 Å². The Hall–Kier alpha value is -1.82. The minimum absolute atomic E-state index is 0.0556. The standard InChI is InChI=1S/C8H6O4.HO3P/c9-7(10)5-1-2-6(4-3-5)8(11)12;1-4(2)3/h1-4H,(H,9,10)(H,11,12);(H,1,2,3)/p-3. The Balaban J connectivity index is 0.000000487. The van der Waals surface area contributed by atoms with Gasteiger partial charge >= 0.3 is 0 Å². The van der Waals surface area contributed by atoms with Crippen LogP contribution >= 0.6 is 8.25 Å². The molecule has 0 atom stereocenters. The summed E-state index contributed by atoms with van der Waals surface area (Å²) in [7, 11) is -3.37. The maximum absolute atomic E-state index is 10.2. The number of carbonyl (C=O) groups excluding carboxylic acids is 2. The van der Waals surface area contributed by atoms with Gasteiger partial charge in [-0.15, -0.1) is 0 Å². The van der Waals surface area contributed by atoms with Crippen LogP contribution in [0.15, 0.2) is 24.3 Å². The number of carboxylic acid groups (broad SMARTS) is 2. The van der Waals surface area contributed by atoms with Gasteiger partial charge < -0.3 is 29.6 Å². The maximum atomic E-state index is 10.2. The summed E-state index contributed by atoms with van der Waals surface area (Å²) >= 11 is 0. The highest BCUT2D eigenvalue weighted by molar-refractivity contribution is 7.27. The summed E-state index contributed by atoms with van der Waals surface area (Å²) in [6.45, 7) is 0. The first-order valence-corrected chi connectivity index (χ1v) is 4.78. The van der Waals surface area contributed by atoms with Crippen LogP contribution in [0.25, 0.3) is 0 Å². The molecule has 0 fully saturated rings. The summed E-state index contributed by atoms with van der Waals surface area (Å²) in [5.41, 5.74) is -0.111. The molecule has 7 nitrogen and oxygen atoms in total. The van der Waals surface area contributed by atoms with E-state index in [-0.39, 0.29) is 11.1 Å². The highest BCUT2D eigenvalue weighted by Crippen LogP contribution is 2.01. The summed E-state index contributed by atoms with van der Waals surface area (Å²) in [6.07, 6.45) is 0. The summed E-state index contributed by atoms with van der Waals surface area (Å²) in [5, 5.41) is 20.4. The molecule has 0 radical (unpaired) electrons. The van der Waals surface area contributed by atoms with Gasteiger partial charge in [0.05, 0.1) is 11.9 Å². The van der Waals surface area contributed by atoms with Crippen molar-refractivity contribution in [2.75, 3.05) is 0 Å². The molecule has 8 heteroatoms. The minimum atomic E-state index is -3.37. The number of hydrogen-bond donors (Lipinski definition) is 0. The molecule has 1 aromatic rings. The molecular formula is C8H4O7P-3. The molecule has 1 aromatic carbocycles. The van der Waals surface area contributed by atoms with Crippen LogP contribution in [-0.2, 0) is 4.57 Å². The van der Waals surface area contributed by atoms with Crippen molar-refractivity contribution in [1.82, 2.24) is 0 Å². The van der Waals surface area contributed by atoms with Crippen LogP contribution in [0.1, 0.15) is 20.7 Å². The molecule has 0 aromatic heterocycles. The van der Waals surface area contributed by atoms with E-state index in [9.17, 15) is 19.8 Å². The van der Waals surface area contributed by atoms with Crippen molar-refractivity contribution in [3.63, 3.8) is 0 Å². The fourth-order valence-corrected chi connectivity index (χ4v) is 0.742. The van der Waals surface area contributed by atoms with E-state index in [2.05, 4.69) is 0 Å². The molecule has 0 saturated heterocycles. The van der Waals surface area contributed by atoms with Gasteiger partial charge in [-0.2, -0.15) is 0 Å². The van der Waals surface area contributed by atoms with Crippen LogP contribution in [0.3, 0.4) is 0 Å². The first-order valence-electron chi connectivity index (χ1n) is 3.69. The highest BCUT2D eigenvalue weighted by atomic mass is 31.1. The SMILES string of the molecule is O=C([O-])c1ccc(C(=O)[O-])cc1.O=[P+]([O-])[O-]. The van der Waals surface area contributed by atoms with Gasteiger partial charge in [0.25, 0.3) is 8.25 Å². The maximum Gasteiger partial charge on any atom is 0.276 e. The predicted molar refractivity (Wildman–Crippen MR) is 42.7 cm³/mol. The second kappa shape index (κ2) is 6.62. The molecule has 0 amide bonds. The van der Waals surface area contributed by atoms with Crippen LogP contribution < -0.4 is 20.0 Å². The third-order valence-corrected chi connectivity index (χ3v) is 1.36. The first kappa shape index (κ1) is 14.2. The molecule has 1 rings (SSSR count). The molecule has 0 aliphatic heterocycles. The summed E-state index contributed by atoms with van der Waals surface area (Å²) in [4.78, 5) is 37.4. The van der Waals surface area contributed by atoms with Crippen LogP contribution in [0.2, 0.25) is 0 Å². The Morgan fingerprint density at radius 2 is 1.06 bits per heavy atom. The van der Waals surface area contributed by atoms with E-state index in [0.717, 1.165) is 24.3 Å². The van der Waals surface area contributed by atoms with Gasteiger partial charge in [0.1, 0.15) is 0 Å². The first-order chi connectivity index (χ1) is 7.34. The Kier molecular flexibility index (Phi) is 5.87. The zero-order valence-electron chi connectivity index (χ0n) is 7.61. The molecule has 86 valence electrons. The van der Waals surface area contributed by atoms with E-state index in [1.54, 1.807) is 0 Å². The van der Waals surface area contributed by atoms with Gasteiger partial charge in [-0.25, -0.2) is 0 Å². The lowest BCUT2D eigenvalue weighted by atomic mass is 10.1. The van der Waals surface area contributed by atoms with Gasteiger partial charge in [-0.3, -0.25) is 0 Å². The number of benzene rings is 1. The smallest absolute Gasteiger partial charge is 0.276 e. The van der Waals surface area contributed by atoms with E-state index < -0.39 is 20.2 Å². The Morgan fingerprint density at radius 1 is 0.875 bits per heavy atom. The van der Waals surface area contributed by atoms with Gasteiger partial charge in [0, 0.05) is 0 Å². The fourth-order valence-electron chi connectivity index (χ4n) is 0.742. The number of hydrogen-bond acceptors (Lipinski definition) is 7. The Bertz CT molecular complexity index is 360. The second-order valence-electron chi connectivity index (χ2n) is 2.38. The third-order valence-electron chi connectivity index (χ3n) is 1.36. The molecule has 0 heterocycles. The summed E-state index contributed by atoms with van der Waals surface area (Å²) < 4.78 is 8.48. The summed E-state index contributed by atoms with van der Waals surface area (Å²) in [6, 6.07) is 4.61. The normalized spacial score (nSPS) is 8.62. The van der Waals surface area contributed by atoms with Crippen molar-refractivity contribution in [3.8, 4) is 0 Å². The average Bonchev–Trinajstić information content (AvgIpc) is 2.17. The van der Waals surface area contributed by atoms with Crippen LogP contribution in [-0.4, -0.2) is 11.9 Å². The lowest BCUT2D eigenvalue weighted by molar-refractivity contribution is -0.297. The number of rotatable bonds is 2. The largest absolute Gasteiger partial charge is 0.598 e. The van der Waals surface area contributed by atoms with E-state index in [0.29, 0.717) is 0 Å². The van der Waals surface area contributed by atoms with Crippen LogP contribution in [0.5, 0.6) is 0 Å². The lowest BCUT2D eigenvalue weighted by Gasteiger charge is -2.04. The molecule has 0 saturated carbocycles. The summed E-state index contributed by atoms with van der Waals surface area (Å²) in [5.74, 6) is -2.67. The molecule has 0 aliphatic rings. The van der Waals surface area contributed by atoms with E-state index >= 15 is 0 Å². The lowest BCUT2D eigenvalue weighted by Crippen LogP contribution is -2.24. The van der Waals surface area contributed by atoms with Crippen molar-refractivity contribution >= 4 is 20.2 Å². The topological polar surface area (TPSA) is 143 Å². The number of aromatic carboxylic acids is 2. The fraction of sp³-hybridized carbons (Fsp3) is 0. The van der Waals surface area contributed by atoms with Crippen molar-refractivity contribution < 1.29 is 34.2 Å². The van der Waals surface area contributed by atoms with Gasteiger partial charge in [-0.05, 0) is 11.1 Å². The van der Waals surface area contributed by atoms with E-state index in [4.69, 9.17) is 14.4 Å². The molecule has 0 bridgehead atoms. The minimum Gasteiger partial charge on any atom is -0.598 e. The van der Waals surface area contributed by atoms with Crippen molar-refractivity contribution in [2.24, 2.45) is 0 Å². The molecule has 0 unspecified atom stereocenters. The monoisotopic (exact) mass is 243 g/mol. The average molecular weight is 243 g/mol. The van der Waals surface area contributed by atoms with Gasteiger partial charge in [0.2, 0.25) is 0 Å². The second-order valence-corrected chi connectivity index (χ2v) is 2.82. The van der Waals surface area contributed by atoms with Crippen molar-refractivity contribution in [1.29, 1.82) is 0 Å². The van der Waals surface area contributed by atoms with E-state index in [1.165, 1.54) is 0 Å². The number of carboxylic acids is 2. The third kappa shape index (κ3) is 5.82. The molecule has 0 spiro atoms. The van der Waals surface area contributed by atoms with Crippen LogP contribution in [0.4, 0.5) is 0 Å². The Morgan fingerprint density at radius 3 is 1.19 bits per heavy atom. The van der Waals surface area contributed by atoms with Gasteiger partial charge in [0.15, 0.2) is 0 Å². The zero-order chi connectivity index (χ0) is 12.7. The molecule has 0 aliphatic carbocycles. The van der Waals surface area contributed by atoms with Crippen molar-refractivity contribution in [3.05, 3.63) is 35.4 Å². The number of carbonyl (C=O) groups is 2. The Labute approximate surface area is 90.5 Å². The predicted octanol–water partition coefficient (Wildman–Crippen LogP) is -3.22. The quantitative estimate of drug-likeness (QED) is 0.496. The molecule has 16 heavy (non-hydrogen) atoms. The molecule has 0 N–H and O–H groups in total.